The molecule has 0 bridgehead atoms. The number of hydrogen-bond acceptors (Lipinski definition) is 3. The van der Waals surface area contributed by atoms with E-state index in [9.17, 15) is 14.7 Å². The minimum absolute atomic E-state index is 0.0754. The summed E-state index contributed by atoms with van der Waals surface area (Å²) in [4.78, 5) is 24.6. The van der Waals surface area contributed by atoms with Gasteiger partial charge in [0.05, 0.1) is 17.4 Å². The average molecular weight is 438 g/mol. The summed E-state index contributed by atoms with van der Waals surface area (Å²) in [5.74, 6) is -1.16. The summed E-state index contributed by atoms with van der Waals surface area (Å²) >= 11 is 5.93. The van der Waals surface area contributed by atoms with Crippen LogP contribution in [0.25, 0.3) is 5.69 Å². The summed E-state index contributed by atoms with van der Waals surface area (Å²) in [6, 6.07) is 12.4. The van der Waals surface area contributed by atoms with E-state index in [1.165, 1.54) is 6.07 Å². The van der Waals surface area contributed by atoms with Crippen LogP contribution >= 0.6 is 11.6 Å². The predicted molar refractivity (Wildman–Crippen MR) is 120 cm³/mol. The molecule has 6 nitrogen and oxygen atoms in total. The summed E-state index contributed by atoms with van der Waals surface area (Å²) in [6.07, 6.45) is 4.34. The fourth-order valence-corrected chi connectivity index (χ4v) is 3.75. The van der Waals surface area contributed by atoms with Crippen molar-refractivity contribution in [2.24, 2.45) is 5.92 Å². The predicted octanol–water partition coefficient (Wildman–Crippen LogP) is 5.26. The number of carboxylic acid groups (broad SMARTS) is 1. The first-order chi connectivity index (χ1) is 14.6. The van der Waals surface area contributed by atoms with Crippen LogP contribution in [-0.2, 0) is 10.2 Å². The molecule has 1 saturated carbocycles. The molecular formula is C24H24ClN3O3. The van der Waals surface area contributed by atoms with Crippen LogP contribution in [0, 0.1) is 5.92 Å². The minimum atomic E-state index is -1.08. The van der Waals surface area contributed by atoms with Gasteiger partial charge in [0.2, 0.25) is 5.91 Å². The van der Waals surface area contributed by atoms with Crippen molar-refractivity contribution in [2.45, 2.75) is 38.5 Å². The Hall–Kier alpha value is -3.12. The van der Waals surface area contributed by atoms with E-state index in [-0.39, 0.29) is 28.7 Å². The number of benzene rings is 2. The molecule has 1 amide bonds. The normalized spacial score (nSPS) is 17.9. The van der Waals surface area contributed by atoms with Crippen molar-refractivity contribution in [2.75, 3.05) is 5.32 Å². The molecule has 0 saturated heterocycles. The number of aromatic carboxylic acids is 1. The van der Waals surface area contributed by atoms with Crippen LogP contribution in [-0.4, -0.2) is 26.8 Å². The zero-order valence-corrected chi connectivity index (χ0v) is 18.3. The monoisotopic (exact) mass is 437 g/mol. The van der Waals surface area contributed by atoms with Gasteiger partial charge >= 0.3 is 5.97 Å². The Labute approximate surface area is 185 Å². The zero-order chi connectivity index (χ0) is 22.3. The van der Waals surface area contributed by atoms with Crippen LogP contribution < -0.4 is 5.32 Å². The highest BCUT2D eigenvalue weighted by Gasteiger charge is 2.43. The van der Waals surface area contributed by atoms with E-state index in [1.54, 1.807) is 23.0 Å². The van der Waals surface area contributed by atoms with E-state index in [2.05, 4.69) is 31.2 Å². The highest BCUT2D eigenvalue weighted by Crippen LogP contribution is 2.48. The lowest BCUT2D eigenvalue weighted by Crippen LogP contribution is -2.16. The SMILES string of the molecule is CC(C)(C)c1cnn(-c2ccc(NC(=O)C3CC3c3ccc(Cl)cc3)cc2C(=O)O)c1. The first kappa shape index (κ1) is 21.1. The third-order valence-corrected chi connectivity index (χ3v) is 5.87. The van der Waals surface area contributed by atoms with Gasteiger partial charge in [-0.05, 0) is 59.2 Å². The molecular weight excluding hydrogens is 414 g/mol. The maximum Gasteiger partial charge on any atom is 0.337 e. The molecule has 2 unspecified atom stereocenters. The number of amides is 1. The van der Waals surface area contributed by atoms with E-state index in [0.29, 0.717) is 16.4 Å². The van der Waals surface area contributed by atoms with Gasteiger partial charge in [0.1, 0.15) is 0 Å². The number of aromatic nitrogens is 2. The average Bonchev–Trinajstić information content (AvgIpc) is 3.35. The molecule has 1 aliphatic rings. The van der Waals surface area contributed by atoms with E-state index in [4.69, 9.17) is 11.6 Å². The molecule has 0 radical (unpaired) electrons. The van der Waals surface area contributed by atoms with Crippen molar-refractivity contribution in [3.05, 3.63) is 76.6 Å². The van der Waals surface area contributed by atoms with Gasteiger partial charge < -0.3 is 10.4 Å². The number of halogens is 1. The molecule has 3 aromatic rings. The van der Waals surface area contributed by atoms with Gasteiger partial charge in [0.25, 0.3) is 0 Å². The summed E-state index contributed by atoms with van der Waals surface area (Å²) in [6.45, 7) is 6.21. The molecule has 1 fully saturated rings. The van der Waals surface area contributed by atoms with Crippen molar-refractivity contribution < 1.29 is 14.7 Å². The topological polar surface area (TPSA) is 84.2 Å². The maximum absolute atomic E-state index is 12.7. The number of carbonyl (C=O) groups is 2. The maximum atomic E-state index is 12.7. The first-order valence-corrected chi connectivity index (χ1v) is 10.5. The lowest BCUT2D eigenvalue weighted by atomic mass is 9.90. The Morgan fingerprint density at radius 3 is 2.48 bits per heavy atom. The van der Waals surface area contributed by atoms with Crippen LogP contribution in [0.2, 0.25) is 5.02 Å². The fraction of sp³-hybridized carbons (Fsp3) is 0.292. The number of hydrogen-bond donors (Lipinski definition) is 2. The van der Waals surface area contributed by atoms with Crippen LogP contribution in [0.1, 0.15) is 54.6 Å². The summed E-state index contributed by atoms with van der Waals surface area (Å²) in [7, 11) is 0. The molecule has 0 spiro atoms. The summed E-state index contributed by atoms with van der Waals surface area (Å²) in [5, 5.41) is 17.6. The summed E-state index contributed by atoms with van der Waals surface area (Å²) in [5.41, 5.74) is 2.97. The van der Waals surface area contributed by atoms with Gasteiger partial charge in [-0.25, -0.2) is 9.48 Å². The van der Waals surface area contributed by atoms with E-state index in [1.807, 2.05) is 30.5 Å². The van der Waals surface area contributed by atoms with Crippen LogP contribution in [0.15, 0.2) is 54.9 Å². The number of anilines is 1. The van der Waals surface area contributed by atoms with Crippen molar-refractivity contribution in [3.8, 4) is 5.69 Å². The number of rotatable bonds is 5. The largest absolute Gasteiger partial charge is 0.478 e. The lowest BCUT2D eigenvalue weighted by Gasteiger charge is -2.15. The fourth-order valence-electron chi connectivity index (χ4n) is 3.62. The van der Waals surface area contributed by atoms with Crippen LogP contribution in [0.4, 0.5) is 5.69 Å². The number of carbonyl (C=O) groups excluding carboxylic acids is 1. The first-order valence-electron chi connectivity index (χ1n) is 10.1. The molecule has 2 N–H and O–H groups in total. The van der Waals surface area contributed by atoms with Gasteiger partial charge in [0.15, 0.2) is 0 Å². The molecule has 1 aromatic heterocycles. The smallest absolute Gasteiger partial charge is 0.337 e. The highest BCUT2D eigenvalue weighted by molar-refractivity contribution is 6.30. The van der Waals surface area contributed by atoms with Crippen molar-refractivity contribution >= 4 is 29.2 Å². The molecule has 2 atom stereocenters. The molecule has 7 heteroatoms. The molecule has 31 heavy (non-hydrogen) atoms. The molecule has 4 rings (SSSR count). The van der Waals surface area contributed by atoms with Crippen molar-refractivity contribution in [3.63, 3.8) is 0 Å². The minimum Gasteiger partial charge on any atom is -0.478 e. The molecule has 0 aliphatic heterocycles. The van der Waals surface area contributed by atoms with E-state index in [0.717, 1.165) is 17.5 Å². The van der Waals surface area contributed by atoms with Crippen LogP contribution in [0.3, 0.4) is 0 Å². The van der Waals surface area contributed by atoms with Gasteiger partial charge in [-0.1, -0.05) is 44.5 Å². The second-order valence-electron chi connectivity index (χ2n) is 8.95. The Balaban J connectivity index is 1.52. The van der Waals surface area contributed by atoms with Gasteiger partial charge in [-0.2, -0.15) is 5.10 Å². The third-order valence-electron chi connectivity index (χ3n) is 5.62. The van der Waals surface area contributed by atoms with Crippen molar-refractivity contribution in [1.29, 1.82) is 0 Å². The Kier molecular flexibility index (Phi) is 5.35. The van der Waals surface area contributed by atoms with Gasteiger partial charge in [0, 0.05) is 22.8 Å². The zero-order valence-electron chi connectivity index (χ0n) is 17.6. The second kappa shape index (κ2) is 7.85. The van der Waals surface area contributed by atoms with Crippen molar-refractivity contribution in [1.82, 2.24) is 9.78 Å². The molecule has 160 valence electrons. The summed E-state index contributed by atoms with van der Waals surface area (Å²) < 4.78 is 1.56. The molecule has 2 aromatic carbocycles. The quantitative estimate of drug-likeness (QED) is 0.570. The molecule has 1 aliphatic carbocycles. The van der Waals surface area contributed by atoms with Gasteiger partial charge in [-0.3, -0.25) is 4.79 Å². The van der Waals surface area contributed by atoms with E-state index < -0.39 is 5.97 Å². The number of nitrogens with zero attached hydrogens (tertiary/aromatic N) is 2. The highest BCUT2D eigenvalue weighted by atomic mass is 35.5. The number of nitrogens with one attached hydrogen (secondary N) is 1. The standard InChI is InChI=1S/C24H24ClN3O3/c1-24(2,3)15-12-26-28(13-15)21-9-8-17(10-20(21)23(30)31)27-22(29)19-11-18(19)14-4-6-16(25)7-5-14/h4-10,12-13,18-19H,11H2,1-3H3,(H,27,29)(H,30,31). The lowest BCUT2D eigenvalue weighted by molar-refractivity contribution is -0.117. The van der Waals surface area contributed by atoms with E-state index >= 15 is 0 Å². The Morgan fingerprint density at radius 1 is 1.16 bits per heavy atom. The van der Waals surface area contributed by atoms with Gasteiger partial charge in [-0.15, -0.1) is 0 Å². The molecule has 1 heterocycles. The third kappa shape index (κ3) is 4.49. The number of carboxylic acids is 1. The Bertz CT molecular complexity index is 1150. The second-order valence-corrected chi connectivity index (χ2v) is 9.39. The van der Waals surface area contributed by atoms with Crippen LogP contribution in [0.5, 0.6) is 0 Å². The Morgan fingerprint density at radius 2 is 1.87 bits per heavy atom.